The van der Waals surface area contributed by atoms with Gasteiger partial charge in [-0.05, 0) is 42.5 Å². The second-order valence-corrected chi connectivity index (χ2v) is 10.8. The molecule has 0 bridgehead atoms. The Morgan fingerprint density at radius 3 is 2.51 bits per heavy atom. The van der Waals surface area contributed by atoms with E-state index in [1.54, 1.807) is 19.0 Å². The van der Waals surface area contributed by atoms with Crippen molar-refractivity contribution in [3.8, 4) is 0 Å². The summed E-state index contributed by atoms with van der Waals surface area (Å²) >= 11 is 0. The van der Waals surface area contributed by atoms with Crippen molar-refractivity contribution in [2.24, 2.45) is 13.0 Å². The van der Waals surface area contributed by atoms with Crippen LogP contribution in [0.5, 0.6) is 0 Å². The Balaban J connectivity index is 1.22. The third-order valence-corrected chi connectivity index (χ3v) is 7.67. The van der Waals surface area contributed by atoms with Crippen LogP contribution in [0, 0.1) is 19.8 Å². The van der Waals surface area contributed by atoms with Gasteiger partial charge in [-0.3, -0.25) is 28.9 Å². The summed E-state index contributed by atoms with van der Waals surface area (Å²) in [6, 6.07) is 14.1. The van der Waals surface area contributed by atoms with E-state index in [4.69, 9.17) is 0 Å². The van der Waals surface area contributed by atoms with Gasteiger partial charge in [-0.15, -0.1) is 0 Å². The lowest BCUT2D eigenvalue weighted by molar-refractivity contribution is -0.148. The van der Waals surface area contributed by atoms with Crippen molar-refractivity contribution >= 4 is 35.1 Å². The van der Waals surface area contributed by atoms with Gasteiger partial charge in [0.1, 0.15) is 11.9 Å². The number of nitrogens with one attached hydrogen (secondary N) is 3. The largest absolute Gasteiger partial charge is 0.340 e. The molecule has 5 rings (SSSR count). The molecule has 1 fully saturated rings. The van der Waals surface area contributed by atoms with Crippen LogP contribution in [0.4, 0.5) is 11.5 Å². The van der Waals surface area contributed by atoms with Crippen molar-refractivity contribution in [3.05, 3.63) is 76.5 Å². The molecule has 2 aromatic carbocycles. The molecular weight excluding hydrogens is 522 g/mol. The average Bonchev–Trinajstić information content (AvgIpc) is 3.53. The highest BCUT2D eigenvalue weighted by Crippen LogP contribution is 2.30. The number of para-hydroxylation sites is 1. The molecule has 3 heterocycles. The van der Waals surface area contributed by atoms with E-state index in [2.05, 4.69) is 21.0 Å². The molecule has 2 atom stereocenters. The lowest BCUT2D eigenvalue weighted by Crippen LogP contribution is -2.46. The van der Waals surface area contributed by atoms with Crippen LogP contribution in [0.25, 0.3) is 0 Å². The normalized spacial score (nSPS) is 17.3. The number of rotatable bonds is 7. The zero-order chi connectivity index (χ0) is 29.3. The molecule has 2 aliphatic rings. The summed E-state index contributed by atoms with van der Waals surface area (Å²) < 4.78 is 1.41. The fraction of sp³-hybridized carbons (Fsp3) is 0.367. The number of hydrogen-bond donors (Lipinski definition) is 3. The summed E-state index contributed by atoms with van der Waals surface area (Å²) in [5, 5.41) is 16.5. The Kier molecular flexibility index (Phi) is 7.89. The number of anilines is 2. The van der Waals surface area contributed by atoms with E-state index in [1.807, 2.05) is 61.3 Å². The maximum absolute atomic E-state index is 13.4. The first-order valence-electron chi connectivity index (χ1n) is 13.8. The monoisotopic (exact) mass is 557 g/mol. The average molecular weight is 558 g/mol. The molecule has 4 amide bonds. The number of fused-ring (bicyclic) bond motifs is 2. The number of carbonyl (C=O) groups is 4. The summed E-state index contributed by atoms with van der Waals surface area (Å²) in [5.74, 6) is -1.73. The molecular formula is C30H35N7O4. The molecule has 0 spiro atoms. The van der Waals surface area contributed by atoms with E-state index >= 15 is 0 Å². The van der Waals surface area contributed by atoms with E-state index in [0.29, 0.717) is 18.9 Å². The molecule has 0 saturated carbocycles. The molecule has 11 heteroatoms. The van der Waals surface area contributed by atoms with Gasteiger partial charge in [-0.25, -0.2) is 5.01 Å². The predicted octanol–water partition coefficient (Wildman–Crippen LogP) is 3.07. The van der Waals surface area contributed by atoms with Crippen molar-refractivity contribution in [1.82, 2.24) is 25.1 Å². The lowest BCUT2D eigenvalue weighted by atomic mass is 9.98. The molecule has 11 nitrogen and oxygen atoms in total. The highest BCUT2D eigenvalue weighted by molar-refractivity contribution is 6.05. The van der Waals surface area contributed by atoms with Crippen LogP contribution in [0.1, 0.15) is 58.5 Å². The second-order valence-electron chi connectivity index (χ2n) is 10.8. The van der Waals surface area contributed by atoms with Gasteiger partial charge in [0, 0.05) is 50.8 Å². The molecule has 2 aliphatic heterocycles. The number of hydrazine groups is 1. The van der Waals surface area contributed by atoms with Crippen LogP contribution >= 0.6 is 0 Å². The third-order valence-electron chi connectivity index (χ3n) is 7.67. The Labute approximate surface area is 238 Å². The SMILES string of the molecule is Cc1cccc(C)c1NC(=O)c1cc(NC(=O)C[C@@H](C)C(=O)N[C@@H]2C(=O)N3CCCN3Cc3ccccc32)n(C)n1. The van der Waals surface area contributed by atoms with Gasteiger partial charge in [-0.2, -0.15) is 5.10 Å². The van der Waals surface area contributed by atoms with Crippen molar-refractivity contribution in [2.45, 2.75) is 46.2 Å². The first kappa shape index (κ1) is 28.0. The van der Waals surface area contributed by atoms with E-state index in [-0.39, 0.29) is 23.9 Å². The number of carbonyl (C=O) groups excluding carboxylic acids is 4. The number of hydrogen-bond acceptors (Lipinski definition) is 6. The minimum absolute atomic E-state index is 0.112. The number of aryl methyl sites for hydroxylation is 3. The molecule has 1 aromatic heterocycles. The smallest absolute Gasteiger partial charge is 0.276 e. The third kappa shape index (κ3) is 5.85. The first-order valence-corrected chi connectivity index (χ1v) is 13.8. The van der Waals surface area contributed by atoms with Gasteiger partial charge in [0.05, 0.1) is 0 Å². The van der Waals surface area contributed by atoms with Crippen molar-refractivity contribution in [2.75, 3.05) is 23.7 Å². The molecule has 1 saturated heterocycles. The Hall–Kier alpha value is -4.51. The summed E-state index contributed by atoms with van der Waals surface area (Å²) in [4.78, 5) is 52.3. The Bertz CT molecular complexity index is 1490. The summed E-state index contributed by atoms with van der Waals surface area (Å²) in [6.07, 6.45) is 0.771. The van der Waals surface area contributed by atoms with Crippen LogP contribution in [-0.4, -0.2) is 56.5 Å². The van der Waals surface area contributed by atoms with Crippen LogP contribution in [0.3, 0.4) is 0 Å². The Morgan fingerprint density at radius 2 is 1.76 bits per heavy atom. The summed E-state index contributed by atoms with van der Waals surface area (Å²) in [5.41, 5.74) is 4.51. The topological polar surface area (TPSA) is 129 Å². The van der Waals surface area contributed by atoms with E-state index in [0.717, 1.165) is 40.9 Å². The van der Waals surface area contributed by atoms with Crippen molar-refractivity contribution < 1.29 is 19.2 Å². The standard InChI is InChI=1S/C30H35N7O4/c1-18-9-7-10-19(2)26(18)32-29(40)23-16-24(35(4)34-23)31-25(38)15-20(3)28(39)33-27-22-12-6-5-11-21(22)17-36-13-8-14-37(36)30(27)41/h5-7,9-12,16,20,27H,8,13-15,17H2,1-4H3,(H,31,38)(H,32,40)(H,33,39)/t20-,27+/m1/s1. The van der Waals surface area contributed by atoms with Crippen molar-refractivity contribution in [3.63, 3.8) is 0 Å². The minimum Gasteiger partial charge on any atom is -0.340 e. The van der Waals surface area contributed by atoms with Gasteiger partial charge in [-0.1, -0.05) is 49.4 Å². The minimum atomic E-state index is -0.817. The fourth-order valence-corrected chi connectivity index (χ4v) is 5.39. The zero-order valence-corrected chi connectivity index (χ0v) is 23.7. The van der Waals surface area contributed by atoms with Crippen LogP contribution in [-0.2, 0) is 28.0 Å². The van der Waals surface area contributed by atoms with Crippen LogP contribution < -0.4 is 16.0 Å². The summed E-state index contributed by atoms with van der Waals surface area (Å²) in [6.45, 7) is 7.50. The predicted molar refractivity (Wildman–Crippen MR) is 154 cm³/mol. The number of benzene rings is 2. The van der Waals surface area contributed by atoms with Gasteiger partial charge >= 0.3 is 0 Å². The number of nitrogens with zero attached hydrogens (tertiary/aromatic N) is 4. The molecule has 214 valence electrons. The van der Waals surface area contributed by atoms with Gasteiger partial charge in [0.25, 0.3) is 11.8 Å². The number of amides is 4. The molecule has 3 aromatic rings. The maximum atomic E-state index is 13.4. The Morgan fingerprint density at radius 1 is 1.02 bits per heavy atom. The molecule has 3 N–H and O–H groups in total. The highest BCUT2D eigenvalue weighted by Gasteiger charge is 2.38. The molecule has 0 radical (unpaired) electrons. The van der Waals surface area contributed by atoms with E-state index in [1.165, 1.54) is 10.7 Å². The van der Waals surface area contributed by atoms with E-state index in [9.17, 15) is 19.2 Å². The van der Waals surface area contributed by atoms with E-state index < -0.39 is 23.8 Å². The second kappa shape index (κ2) is 11.5. The first-order chi connectivity index (χ1) is 19.6. The molecule has 0 unspecified atom stereocenters. The van der Waals surface area contributed by atoms with Crippen LogP contribution in [0.2, 0.25) is 0 Å². The lowest BCUT2D eigenvalue weighted by Gasteiger charge is -2.28. The van der Waals surface area contributed by atoms with Gasteiger partial charge in [0.15, 0.2) is 5.69 Å². The number of aromatic nitrogens is 2. The summed E-state index contributed by atoms with van der Waals surface area (Å²) in [7, 11) is 1.62. The fourth-order valence-electron chi connectivity index (χ4n) is 5.39. The van der Waals surface area contributed by atoms with Gasteiger partial charge in [0.2, 0.25) is 11.8 Å². The molecule has 41 heavy (non-hydrogen) atoms. The van der Waals surface area contributed by atoms with Crippen molar-refractivity contribution in [1.29, 1.82) is 0 Å². The maximum Gasteiger partial charge on any atom is 0.276 e. The molecule has 0 aliphatic carbocycles. The highest BCUT2D eigenvalue weighted by atomic mass is 16.2. The van der Waals surface area contributed by atoms with Gasteiger partial charge < -0.3 is 16.0 Å². The van der Waals surface area contributed by atoms with Crippen LogP contribution in [0.15, 0.2) is 48.5 Å². The quantitative estimate of drug-likeness (QED) is 0.410. The zero-order valence-electron chi connectivity index (χ0n) is 23.7.